The summed E-state index contributed by atoms with van der Waals surface area (Å²) >= 11 is 4.76. The number of benzene rings is 1. The molecule has 4 rings (SSSR count). The molecule has 0 spiro atoms. The van der Waals surface area contributed by atoms with Crippen molar-refractivity contribution < 1.29 is 23.0 Å². The molecule has 1 aliphatic rings. The fraction of sp³-hybridized carbons (Fsp3) is 0.286. The van der Waals surface area contributed by atoms with Gasteiger partial charge in [0.2, 0.25) is 0 Å². The Morgan fingerprint density at radius 1 is 1.30 bits per heavy atom. The van der Waals surface area contributed by atoms with Gasteiger partial charge in [0.15, 0.2) is 0 Å². The van der Waals surface area contributed by atoms with Crippen LogP contribution in [0.25, 0.3) is 11.3 Å². The van der Waals surface area contributed by atoms with Crippen molar-refractivity contribution in [3.05, 3.63) is 54.4 Å². The first-order valence-corrected chi connectivity index (χ1v) is 10.3. The number of alkyl halides is 3. The van der Waals surface area contributed by atoms with E-state index >= 15 is 0 Å². The van der Waals surface area contributed by atoms with Crippen molar-refractivity contribution in [2.45, 2.75) is 17.7 Å². The highest BCUT2D eigenvalue weighted by Crippen LogP contribution is 2.31. The molecule has 12 heteroatoms. The number of pyridine rings is 1. The lowest BCUT2D eigenvalue weighted by molar-refractivity contribution is -0.0964. The summed E-state index contributed by atoms with van der Waals surface area (Å²) in [6.07, 6.45) is 2.94. The highest BCUT2D eigenvalue weighted by molar-refractivity contribution is 6.20. The predicted molar refractivity (Wildman–Crippen MR) is 119 cm³/mol. The smallest absolute Gasteiger partial charge is 0.420 e. The maximum Gasteiger partial charge on any atom is 0.487 e. The van der Waals surface area contributed by atoms with Crippen LogP contribution >= 0.6 is 11.6 Å². The van der Waals surface area contributed by atoms with Gasteiger partial charge in [0.05, 0.1) is 23.4 Å². The topological polar surface area (TPSA) is 118 Å². The molecule has 3 heterocycles. The van der Waals surface area contributed by atoms with Crippen LogP contribution < -0.4 is 20.7 Å². The molecule has 0 radical (unpaired) electrons. The zero-order valence-corrected chi connectivity index (χ0v) is 18.2. The van der Waals surface area contributed by atoms with E-state index in [0.29, 0.717) is 41.4 Å². The van der Waals surface area contributed by atoms with Crippen molar-refractivity contribution in [1.82, 2.24) is 15.2 Å². The van der Waals surface area contributed by atoms with Gasteiger partial charge in [-0.3, -0.25) is 9.89 Å². The molecule has 0 aliphatic carbocycles. The number of halogens is 3. The second-order valence-corrected chi connectivity index (χ2v) is 7.87. The Morgan fingerprint density at radius 3 is 2.67 bits per heavy atom. The minimum Gasteiger partial charge on any atom is -0.420 e. The number of nitrogens with two attached hydrogens (primary N) is 1. The van der Waals surface area contributed by atoms with Crippen molar-refractivity contribution in [3.8, 4) is 17.0 Å². The van der Waals surface area contributed by atoms with Crippen molar-refractivity contribution in [2.24, 2.45) is 5.73 Å². The highest BCUT2D eigenvalue weighted by Gasteiger charge is 2.32. The molecule has 2 atom stereocenters. The monoisotopic (exact) mass is 478 g/mol. The van der Waals surface area contributed by atoms with Gasteiger partial charge in [-0.2, -0.15) is 5.10 Å². The first-order chi connectivity index (χ1) is 15.7. The Morgan fingerprint density at radius 2 is 2.06 bits per heavy atom. The summed E-state index contributed by atoms with van der Waals surface area (Å²) in [6.45, 7) is 1.11. The lowest BCUT2D eigenvalue weighted by atomic mass is 10.1. The number of methoxy groups -OCH3 is 1. The van der Waals surface area contributed by atoms with E-state index in [-0.39, 0.29) is 17.9 Å². The van der Waals surface area contributed by atoms with Gasteiger partial charge in [0.1, 0.15) is 11.6 Å². The Labute approximate surface area is 192 Å². The summed E-state index contributed by atoms with van der Waals surface area (Å²) in [6, 6.07) is 8.69. The minimum absolute atomic E-state index is 0.130. The van der Waals surface area contributed by atoms with E-state index in [4.69, 9.17) is 22.1 Å². The molecule has 0 bridgehead atoms. The molecule has 2 unspecified atom stereocenters. The van der Waals surface area contributed by atoms with E-state index in [1.165, 1.54) is 30.5 Å². The lowest BCUT2D eigenvalue weighted by Gasteiger charge is -2.20. The number of aromatic amines is 1. The summed E-state index contributed by atoms with van der Waals surface area (Å²) in [4.78, 5) is 19.4. The molecule has 1 amide bonds. The lowest BCUT2D eigenvalue weighted by Crippen LogP contribution is -2.34. The number of hydrogen-bond donors (Lipinski definition) is 3. The molecule has 1 aromatic carbocycles. The Kier molecular flexibility index (Phi) is 6.45. The van der Waals surface area contributed by atoms with E-state index in [2.05, 4.69) is 25.2 Å². The second-order valence-electron chi connectivity index (χ2n) is 7.43. The first kappa shape index (κ1) is 22.9. The van der Waals surface area contributed by atoms with Crippen molar-refractivity contribution >= 4 is 29.0 Å². The van der Waals surface area contributed by atoms with Gasteiger partial charge in [-0.1, -0.05) is 0 Å². The van der Waals surface area contributed by atoms with Crippen LogP contribution in [0, 0.1) is 0 Å². The molecule has 1 fully saturated rings. The predicted octanol–water partition coefficient (Wildman–Crippen LogP) is 3.05. The van der Waals surface area contributed by atoms with E-state index < -0.39 is 11.5 Å². The van der Waals surface area contributed by atoms with Gasteiger partial charge in [0, 0.05) is 55.4 Å². The average Bonchev–Trinajstić information content (AvgIpc) is 3.43. The Bertz CT molecular complexity index is 1110. The molecular weight excluding hydrogens is 458 g/mol. The van der Waals surface area contributed by atoms with Crippen molar-refractivity contribution in [2.75, 3.05) is 30.4 Å². The number of carbonyl (C=O) groups excluding carboxylic acids is 1. The number of H-pyrrole nitrogens is 1. The van der Waals surface area contributed by atoms with Gasteiger partial charge in [-0.25, -0.2) is 4.98 Å². The van der Waals surface area contributed by atoms with Gasteiger partial charge < -0.3 is 25.4 Å². The zero-order valence-electron chi connectivity index (χ0n) is 17.5. The molecule has 0 saturated carbocycles. The summed E-state index contributed by atoms with van der Waals surface area (Å²) in [5.74, 6) is 0.0760. The van der Waals surface area contributed by atoms with Crippen LogP contribution in [0.15, 0.2) is 48.8 Å². The van der Waals surface area contributed by atoms with Crippen LogP contribution in [0.5, 0.6) is 5.75 Å². The molecule has 2 aromatic heterocycles. The number of amides is 1. The molecule has 4 N–H and O–H groups in total. The Balaban J connectivity index is 1.56. The summed E-state index contributed by atoms with van der Waals surface area (Å²) in [5, 5.41) is 9.59. The number of aromatic nitrogens is 3. The first-order valence-electron chi connectivity index (χ1n) is 9.94. The van der Waals surface area contributed by atoms with E-state index in [0.717, 1.165) is 0 Å². The summed E-state index contributed by atoms with van der Waals surface area (Å²) in [5.41, 5.74) is 4.38. The summed E-state index contributed by atoms with van der Waals surface area (Å²) in [7, 11) is 1.62. The van der Waals surface area contributed by atoms with Crippen LogP contribution in [-0.2, 0) is 4.74 Å². The van der Waals surface area contributed by atoms with Crippen LogP contribution in [0.2, 0.25) is 0 Å². The number of nitrogens with zero attached hydrogens (tertiary/aromatic N) is 3. The van der Waals surface area contributed by atoms with E-state index in [9.17, 15) is 13.6 Å². The van der Waals surface area contributed by atoms with Crippen LogP contribution in [0.1, 0.15) is 10.4 Å². The average molecular weight is 479 g/mol. The maximum absolute atomic E-state index is 12.8. The molecule has 9 nitrogen and oxygen atoms in total. The highest BCUT2D eigenvalue weighted by atomic mass is 35.5. The molecule has 33 heavy (non-hydrogen) atoms. The normalized spacial score (nSPS) is 18.4. The van der Waals surface area contributed by atoms with Crippen molar-refractivity contribution in [1.29, 1.82) is 0 Å². The van der Waals surface area contributed by atoms with Gasteiger partial charge in [0.25, 0.3) is 5.91 Å². The van der Waals surface area contributed by atoms with Crippen molar-refractivity contribution in [3.63, 3.8) is 0 Å². The van der Waals surface area contributed by atoms with Gasteiger partial charge >= 0.3 is 5.57 Å². The Hall–Kier alpha value is -3.28. The number of carbonyl (C=O) groups is 1. The fourth-order valence-corrected chi connectivity index (χ4v) is 3.69. The largest absolute Gasteiger partial charge is 0.487 e. The van der Waals surface area contributed by atoms with Gasteiger partial charge in [-0.05, 0) is 36.4 Å². The number of ether oxygens (including phenoxy) is 2. The van der Waals surface area contributed by atoms with Gasteiger partial charge in [-0.15, -0.1) is 8.78 Å². The SMILES string of the molecule is COC1CN(c2ncc(C(=O)Nc3ccc(OC(F)(F)Cl)cc3)cc2-c2ccn[nH]2)CC1N. The third kappa shape index (κ3) is 5.38. The molecule has 174 valence electrons. The number of nitrogens with one attached hydrogen (secondary N) is 2. The van der Waals surface area contributed by atoms with Crippen LogP contribution in [0.4, 0.5) is 20.3 Å². The second kappa shape index (κ2) is 9.30. The number of anilines is 2. The number of rotatable bonds is 7. The standard InChI is InChI=1S/C21H21ClF2N6O3/c1-32-18-11-30(10-16(18)25)19-15(17-6-7-27-29-17)8-12(9-26-19)20(31)28-13-2-4-14(5-3-13)33-21(22,23)24/h2-9,16,18H,10-11,25H2,1H3,(H,27,29)(H,28,31). The zero-order chi connectivity index (χ0) is 23.6. The third-order valence-corrected chi connectivity index (χ3v) is 5.25. The van der Waals surface area contributed by atoms with Crippen LogP contribution in [0.3, 0.4) is 0 Å². The fourth-order valence-electron chi connectivity index (χ4n) is 3.60. The van der Waals surface area contributed by atoms with E-state index in [1.807, 2.05) is 4.90 Å². The molecule has 1 aliphatic heterocycles. The van der Waals surface area contributed by atoms with E-state index in [1.54, 1.807) is 25.4 Å². The molecular formula is C21H21ClF2N6O3. The number of hydrogen-bond acceptors (Lipinski definition) is 7. The quantitative estimate of drug-likeness (QED) is 0.446. The van der Waals surface area contributed by atoms with Crippen LogP contribution in [-0.4, -0.2) is 59.0 Å². The maximum atomic E-state index is 12.8. The minimum atomic E-state index is -3.82. The summed E-state index contributed by atoms with van der Waals surface area (Å²) < 4.78 is 35.2. The molecule has 1 saturated heterocycles. The molecule has 3 aromatic rings. The third-order valence-electron chi connectivity index (χ3n) is 5.18.